The van der Waals surface area contributed by atoms with Gasteiger partial charge in [0.2, 0.25) is 11.8 Å². The van der Waals surface area contributed by atoms with Gasteiger partial charge in [0.15, 0.2) is 0 Å². The molecule has 0 spiro atoms. The maximum Gasteiger partial charge on any atom is 0.433 e. The Balaban J connectivity index is 1.19. The Kier molecular flexibility index (Phi) is 6.14. The van der Waals surface area contributed by atoms with E-state index >= 15 is 0 Å². The van der Waals surface area contributed by atoms with Crippen LogP contribution in [-0.2, 0) is 17.5 Å². The van der Waals surface area contributed by atoms with Crippen molar-refractivity contribution in [3.05, 3.63) is 71.8 Å². The van der Waals surface area contributed by atoms with Crippen molar-refractivity contribution in [2.45, 2.75) is 25.7 Å². The molecule has 1 saturated heterocycles. The lowest BCUT2D eigenvalue weighted by Gasteiger charge is -2.25. The third-order valence-corrected chi connectivity index (χ3v) is 5.54. The second-order valence-corrected chi connectivity index (χ2v) is 8.30. The normalized spacial score (nSPS) is 13.9. The van der Waals surface area contributed by atoms with E-state index < -0.39 is 17.9 Å². The first kappa shape index (κ1) is 23.5. The van der Waals surface area contributed by atoms with Crippen LogP contribution in [0.1, 0.15) is 22.9 Å². The van der Waals surface area contributed by atoms with E-state index in [2.05, 4.69) is 20.9 Å². The maximum atomic E-state index is 12.8. The average Bonchev–Trinajstić information content (AvgIpc) is 3.38. The fourth-order valence-electron chi connectivity index (χ4n) is 3.63. The van der Waals surface area contributed by atoms with Crippen molar-refractivity contribution in [3.8, 4) is 11.3 Å². The molecule has 10 nitrogen and oxygen atoms in total. The van der Waals surface area contributed by atoms with Crippen LogP contribution in [0.2, 0.25) is 0 Å². The molecule has 1 aliphatic rings. The van der Waals surface area contributed by atoms with Crippen LogP contribution < -0.4 is 15.3 Å². The number of nitrogens with zero attached hydrogens (tertiary/aromatic N) is 5. The molecular weight excluding hydrogens is 479 g/mol. The van der Waals surface area contributed by atoms with Gasteiger partial charge in [0.1, 0.15) is 5.69 Å². The number of ether oxygens (including phenoxy) is 1. The van der Waals surface area contributed by atoms with Crippen molar-refractivity contribution >= 4 is 17.6 Å². The Hall–Kier alpha value is -4.26. The molecule has 0 atom stereocenters. The summed E-state index contributed by atoms with van der Waals surface area (Å²) in [7, 11) is 0. The number of rotatable bonds is 6. The number of carbonyl (C=O) groups excluding carboxylic acids is 1. The van der Waals surface area contributed by atoms with Gasteiger partial charge in [-0.05, 0) is 29.3 Å². The van der Waals surface area contributed by atoms with Gasteiger partial charge in [-0.2, -0.15) is 18.3 Å². The minimum Gasteiger partial charge on any atom is -0.377 e. The number of anilines is 2. The molecule has 1 aromatic carbocycles. The molecule has 36 heavy (non-hydrogen) atoms. The van der Waals surface area contributed by atoms with Gasteiger partial charge in [0.25, 0.3) is 6.20 Å². The Morgan fingerprint density at radius 3 is 2.67 bits per heavy atom. The monoisotopic (exact) mass is 500 g/mol. The first-order chi connectivity index (χ1) is 17.2. The first-order valence-corrected chi connectivity index (χ1v) is 10.9. The van der Waals surface area contributed by atoms with Gasteiger partial charge in [-0.1, -0.05) is 24.3 Å². The summed E-state index contributed by atoms with van der Waals surface area (Å²) >= 11 is 0. The Bertz CT molecular complexity index is 1380. The Labute approximate surface area is 202 Å². The molecule has 13 heteroatoms. The van der Waals surface area contributed by atoms with Crippen LogP contribution in [0.5, 0.6) is 0 Å². The molecule has 0 unspecified atom stereocenters. The second kappa shape index (κ2) is 9.41. The molecule has 4 heterocycles. The largest absolute Gasteiger partial charge is 0.433 e. The minimum absolute atomic E-state index is 0.0235. The van der Waals surface area contributed by atoms with Crippen LogP contribution in [0.25, 0.3) is 11.3 Å². The Morgan fingerprint density at radius 1 is 1.19 bits per heavy atom. The number of hydrogen-bond donors (Lipinski definition) is 2. The number of carbonyl (C=O) groups is 1. The number of amides is 2. The third kappa shape index (κ3) is 5.20. The van der Waals surface area contributed by atoms with E-state index in [1.54, 1.807) is 0 Å². The molecule has 0 aliphatic carbocycles. The highest BCUT2D eigenvalue weighted by Crippen LogP contribution is 2.29. The predicted octanol–water partition coefficient (Wildman–Crippen LogP) is 3.81. The van der Waals surface area contributed by atoms with Crippen molar-refractivity contribution in [1.29, 1.82) is 0 Å². The van der Waals surface area contributed by atoms with E-state index in [4.69, 9.17) is 14.4 Å². The average molecular weight is 500 g/mol. The summed E-state index contributed by atoms with van der Waals surface area (Å²) in [4.78, 5) is 15.4. The van der Waals surface area contributed by atoms with Crippen molar-refractivity contribution < 1.29 is 31.9 Å². The van der Waals surface area contributed by atoms with Crippen LogP contribution in [0.4, 0.5) is 29.5 Å². The molecule has 0 radical (unpaired) electrons. The number of benzene rings is 1. The van der Waals surface area contributed by atoms with Crippen molar-refractivity contribution in [2.75, 3.05) is 23.8 Å². The van der Waals surface area contributed by atoms with Crippen LogP contribution in [0, 0.1) is 6.92 Å². The third-order valence-electron chi connectivity index (χ3n) is 5.54. The van der Waals surface area contributed by atoms with Crippen molar-refractivity contribution in [1.82, 2.24) is 20.0 Å². The van der Waals surface area contributed by atoms with Crippen LogP contribution in [0.3, 0.4) is 0 Å². The lowest BCUT2D eigenvalue weighted by Crippen LogP contribution is -2.35. The second-order valence-electron chi connectivity index (χ2n) is 8.30. The van der Waals surface area contributed by atoms with Crippen molar-refractivity contribution in [2.24, 2.45) is 0 Å². The number of hydrogen-bond acceptors (Lipinski definition) is 6. The van der Waals surface area contributed by atoms with E-state index in [1.807, 2.05) is 42.1 Å². The molecule has 186 valence electrons. The highest BCUT2D eigenvalue weighted by Gasteiger charge is 2.32. The van der Waals surface area contributed by atoms with E-state index in [0.717, 1.165) is 34.6 Å². The Morgan fingerprint density at radius 2 is 1.97 bits per heavy atom. The zero-order valence-electron chi connectivity index (χ0n) is 19.0. The summed E-state index contributed by atoms with van der Waals surface area (Å²) in [5.41, 5.74) is 2.74. The number of halogens is 3. The zero-order valence-corrected chi connectivity index (χ0v) is 19.0. The molecule has 4 aromatic rings. The fraction of sp³-hybridized carbons (Fsp3) is 0.261. The number of aromatic nitrogens is 5. The molecule has 2 N–H and O–H groups in total. The lowest BCUT2D eigenvalue weighted by molar-refractivity contribution is -0.754. The quantitative estimate of drug-likeness (QED) is 0.390. The van der Waals surface area contributed by atoms with E-state index in [0.29, 0.717) is 19.8 Å². The highest BCUT2D eigenvalue weighted by atomic mass is 19.4. The van der Waals surface area contributed by atoms with Gasteiger partial charge < -0.3 is 10.1 Å². The van der Waals surface area contributed by atoms with Gasteiger partial charge >= 0.3 is 18.1 Å². The van der Waals surface area contributed by atoms with E-state index in [9.17, 15) is 18.0 Å². The molecule has 0 saturated carbocycles. The number of aryl methyl sites for hydroxylation is 1. The lowest BCUT2D eigenvalue weighted by atomic mass is 10.1. The van der Waals surface area contributed by atoms with Gasteiger partial charge in [-0.25, -0.2) is 4.79 Å². The highest BCUT2D eigenvalue weighted by molar-refractivity contribution is 5.98. The number of urea groups is 1. The topological polar surface area (TPSA) is 111 Å². The summed E-state index contributed by atoms with van der Waals surface area (Å²) in [6.45, 7) is 3.75. The predicted molar refractivity (Wildman–Crippen MR) is 120 cm³/mol. The summed E-state index contributed by atoms with van der Waals surface area (Å²) in [6.07, 6.45) is -0.166. The molecular formula is C23H21F3N7O3+. The number of pyridine rings is 1. The van der Waals surface area contributed by atoms with Gasteiger partial charge in [0, 0.05) is 29.2 Å². The number of alkyl halides is 3. The summed E-state index contributed by atoms with van der Waals surface area (Å²) < 4.78 is 52.1. The fourth-order valence-corrected chi connectivity index (χ4v) is 3.63. The van der Waals surface area contributed by atoms with E-state index in [-0.39, 0.29) is 17.6 Å². The standard InChI is InChI=1S/C23H20F3N7O3/c1-14-9-33(18-12-35-13-18)30-21(14)16-4-2-15(3-5-16)10-32-11-20(36-31-32)29-22(34)28-17-6-7-27-19(8-17)23(24,25)26/h2-9,11,18H,10,12-13H2,1H3,(H-,27,28,29,31,34)/p+1. The van der Waals surface area contributed by atoms with Crippen LogP contribution >= 0.6 is 0 Å². The molecule has 1 aliphatic heterocycles. The first-order valence-electron chi connectivity index (χ1n) is 10.9. The van der Waals surface area contributed by atoms with E-state index in [1.165, 1.54) is 16.9 Å². The molecule has 2 amide bonds. The zero-order chi connectivity index (χ0) is 25.3. The summed E-state index contributed by atoms with van der Waals surface area (Å²) in [5, 5.41) is 13.3. The molecule has 5 rings (SSSR count). The van der Waals surface area contributed by atoms with Gasteiger partial charge in [0.05, 0.1) is 24.9 Å². The number of nitrogens with one attached hydrogen (secondary N) is 2. The summed E-state index contributed by atoms with van der Waals surface area (Å²) in [6, 6.07) is 9.32. The van der Waals surface area contributed by atoms with Crippen LogP contribution in [0.15, 0.2) is 59.5 Å². The SMILES string of the molecule is Cc1cn(C2COC2)nc1-c1ccc(C[n+]2cc(NC(=O)Nc3ccnc(C(F)(F)F)c3)on2)cc1. The minimum atomic E-state index is -4.62. The summed E-state index contributed by atoms with van der Waals surface area (Å²) in [5.74, 6) is 0.0235. The molecule has 3 aromatic heterocycles. The molecule has 0 bridgehead atoms. The van der Waals surface area contributed by atoms with Gasteiger partial charge in [-0.3, -0.25) is 19.5 Å². The van der Waals surface area contributed by atoms with Crippen LogP contribution in [-0.4, -0.2) is 39.3 Å². The molecule has 1 fully saturated rings. The smallest absolute Gasteiger partial charge is 0.377 e. The van der Waals surface area contributed by atoms with Gasteiger partial charge in [-0.15, -0.1) is 0 Å². The van der Waals surface area contributed by atoms with Crippen molar-refractivity contribution in [3.63, 3.8) is 0 Å². The maximum absolute atomic E-state index is 12.8.